The summed E-state index contributed by atoms with van der Waals surface area (Å²) in [6.07, 6.45) is -4.16. The summed E-state index contributed by atoms with van der Waals surface area (Å²) in [7, 11) is 1.60. The van der Waals surface area contributed by atoms with Crippen LogP contribution in [0.1, 0.15) is 40.9 Å². The second kappa shape index (κ2) is 11.2. The average molecular weight is 491 g/mol. The number of alkyl halides is 3. The Hall–Kier alpha value is -3.59. The van der Waals surface area contributed by atoms with Crippen LogP contribution in [0, 0.1) is 5.82 Å². The van der Waals surface area contributed by atoms with Crippen molar-refractivity contribution >= 4 is 5.97 Å². The lowest BCUT2D eigenvalue weighted by molar-refractivity contribution is -0.137. The van der Waals surface area contributed by atoms with Gasteiger partial charge in [0.1, 0.15) is 17.3 Å². The zero-order valence-corrected chi connectivity index (χ0v) is 19.2. The lowest BCUT2D eigenvalue weighted by Crippen LogP contribution is -2.21. The molecule has 3 aromatic carbocycles. The van der Waals surface area contributed by atoms with Crippen molar-refractivity contribution in [1.29, 1.82) is 0 Å². The molecule has 5 nitrogen and oxygen atoms in total. The van der Waals surface area contributed by atoms with E-state index in [0.717, 1.165) is 35.6 Å². The van der Waals surface area contributed by atoms with E-state index in [0.29, 0.717) is 19.0 Å². The number of ether oxygens (including phenoxy) is 2. The summed E-state index contributed by atoms with van der Waals surface area (Å²) in [5.41, 5.74) is -0.608. The van der Waals surface area contributed by atoms with Crippen LogP contribution < -0.4 is 14.8 Å². The van der Waals surface area contributed by atoms with Gasteiger partial charge in [-0.1, -0.05) is 12.1 Å². The molecule has 0 aliphatic carbocycles. The molecule has 0 radical (unpaired) electrons. The average Bonchev–Trinajstić information content (AvgIpc) is 2.82. The van der Waals surface area contributed by atoms with Crippen LogP contribution in [0.3, 0.4) is 0 Å². The second-order valence-electron chi connectivity index (χ2n) is 7.93. The van der Waals surface area contributed by atoms with E-state index in [1.807, 2.05) is 31.2 Å². The van der Waals surface area contributed by atoms with Gasteiger partial charge in [-0.15, -0.1) is 0 Å². The molecule has 0 aliphatic heterocycles. The fraction of sp³-hybridized carbons (Fsp3) is 0.269. The standard InChI is InChI=1S/C26H25F4NO4/c1-16(17-5-3-6-23(13-17)34-2)31-7-4-8-35-24-14-19(12-22(27)15-24)18-9-20(25(32)33)11-21(10-18)26(28,29)30/h3,5-6,9-16,31H,4,7-8H2,1-2H3,(H,32,33). The third kappa shape index (κ3) is 7.19. The minimum absolute atomic E-state index is 0.0650. The van der Waals surface area contributed by atoms with E-state index in [1.165, 1.54) is 6.07 Å². The zero-order chi connectivity index (χ0) is 25.6. The highest BCUT2D eigenvalue weighted by molar-refractivity contribution is 5.90. The summed E-state index contributed by atoms with van der Waals surface area (Å²) in [6, 6.07) is 13.7. The van der Waals surface area contributed by atoms with E-state index in [-0.39, 0.29) is 29.5 Å². The van der Waals surface area contributed by atoms with Crippen LogP contribution in [-0.2, 0) is 6.18 Å². The molecule has 1 unspecified atom stereocenters. The van der Waals surface area contributed by atoms with Crippen LogP contribution in [-0.4, -0.2) is 31.3 Å². The molecule has 35 heavy (non-hydrogen) atoms. The molecule has 0 fully saturated rings. The van der Waals surface area contributed by atoms with E-state index < -0.39 is 29.1 Å². The van der Waals surface area contributed by atoms with Crippen molar-refractivity contribution in [2.45, 2.75) is 25.6 Å². The number of carboxylic acid groups (broad SMARTS) is 1. The van der Waals surface area contributed by atoms with Gasteiger partial charge in [-0.3, -0.25) is 0 Å². The number of nitrogens with one attached hydrogen (secondary N) is 1. The molecular formula is C26H25F4NO4. The van der Waals surface area contributed by atoms with Crippen LogP contribution in [0.5, 0.6) is 11.5 Å². The molecule has 0 aromatic heterocycles. The molecule has 0 amide bonds. The highest BCUT2D eigenvalue weighted by atomic mass is 19.4. The Morgan fingerprint density at radius 3 is 2.46 bits per heavy atom. The van der Waals surface area contributed by atoms with Crippen molar-refractivity contribution in [2.24, 2.45) is 0 Å². The quantitative estimate of drug-likeness (QED) is 0.256. The van der Waals surface area contributed by atoms with Gasteiger partial charge in [0.15, 0.2) is 0 Å². The van der Waals surface area contributed by atoms with Gasteiger partial charge in [0.05, 0.1) is 24.8 Å². The molecule has 186 valence electrons. The topological polar surface area (TPSA) is 67.8 Å². The maximum atomic E-state index is 14.2. The third-order valence-electron chi connectivity index (χ3n) is 5.35. The highest BCUT2D eigenvalue weighted by Crippen LogP contribution is 2.34. The third-order valence-corrected chi connectivity index (χ3v) is 5.35. The summed E-state index contributed by atoms with van der Waals surface area (Å²) in [5, 5.41) is 12.5. The number of benzene rings is 3. The second-order valence-corrected chi connectivity index (χ2v) is 7.93. The Bertz CT molecular complexity index is 1180. The molecule has 0 spiro atoms. The number of halogens is 4. The van der Waals surface area contributed by atoms with Gasteiger partial charge in [-0.25, -0.2) is 9.18 Å². The van der Waals surface area contributed by atoms with E-state index in [9.17, 15) is 27.5 Å². The van der Waals surface area contributed by atoms with Gasteiger partial charge < -0.3 is 19.9 Å². The molecule has 0 saturated carbocycles. The maximum Gasteiger partial charge on any atom is 0.416 e. The summed E-state index contributed by atoms with van der Waals surface area (Å²) in [5.74, 6) is -1.33. The first-order valence-electron chi connectivity index (χ1n) is 10.8. The smallest absolute Gasteiger partial charge is 0.416 e. The molecule has 0 aliphatic rings. The van der Waals surface area contributed by atoms with Gasteiger partial charge in [-0.05, 0) is 79.0 Å². The molecular weight excluding hydrogens is 466 g/mol. The first-order valence-corrected chi connectivity index (χ1v) is 10.8. The molecule has 0 bridgehead atoms. The van der Waals surface area contributed by atoms with Crippen molar-refractivity contribution < 1.29 is 36.9 Å². The number of methoxy groups -OCH3 is 1. The van der Waals surface area contributed by atoms with Gasteiger partial charge in [0, 0.05) is 12.1 Å². The van der Waals surface area contributed by atoms with E-state index in [4.69, 9.17) is 9.47 Å². The number of aromatic carboxylic acids is 1. The van der Waals surface area contributed by atoms with Crippen LogP contribution in [0.2, 0.25) is 0 Å². The summed E-state index contributed by atoms with van der Waals surface area (Å²) in [4.78, 5) is 11.3. The number of rotatable bonds is 10. The fourth-order valence-corrected chi connectivity index (χ4v) is 3.50. The van der Waals surface area contributed by atoms with Gasteiger partial charge in [-0.2, -0.15) is 13.2 Å². The van der Waals surface area contributed by atoms with Gasteiger partial charge in [0.25, 0.3) is 0 Å². The maximum absolute atomic E-state index is 14.2. The summed E-state index contributed by atoms with van der Waals surface area (Å²) >= 11 is 0. The molecule has 9 heteroatoms. The Labute approximate surface area is 200 Å². The van der Waals surface area contributed by atoms with Crippen LogP contribution in [0.25, 0.3) is 11.1 Å². The lowest BCUT2D eigenvalue weighted by Gasteiger charge is -2.15. The Morgan fingerprint density at radius 1 is 1.03 bits per heavy atom. The van der Waals surface area contributed by atoms with Crippen molar-refractivity contribution in [1.82, 2.24) is 5.32 Å². The normalized spacial score (nSPS) is 12.3. The molecule has 0 heterocycles. The van der Waals surface area contributed by atoms with E-state index in [2.05, 4.69) is 5.32 Å². The molecule has 3 aromatic rings. The van der Waals surface area contributed by atoms with Crippen molar-refractivity contribution in [3.8, 4) is 22.6 Å². The number of carbonyl (C=O) groups is 1. The largest absolute Gasteiger partial charge is 0.497 e. The van der Waals surface area contributed by atoms with E-state index >= 15 is 0 Å². The number of hydrogen-bond donors (Lipinski definition) is 2. The monoisotopic (exact) mass is 491 g/mol. The predicted octanol–water partition coefficient (Wildman–Crippen LogP) is 6.34. The van der Waals surface area contributed by atoms with Crippen molar-refractivity contribution in [3.63, 3.8) is 0 Å². The molecule has 2 N–H and O–H groups in total. The molecule has 1 atom stereocenters. The van der Waals surface area contributed by atoms with Gasteiger partial charge >= 0.3 is 12.1 Å². The number of carboxylic acids is 1. The number of hydrogen-bond acceptors (Lipinski definition) is 4. The van der Waals surface area contributed by atoms with Crippen LogP contribution in [0.4, 0.5) is 17.6 Å². The lowest BCUT2D eigenvalue weighted by atomic mass is 9.99. The van der Waals surface area contributed by atoms with Crippen LogP contribution in [0.15, 0.2) is 60.7 Å². The van der Waals surface area contributed by atoms with E-state index in [1.54, 1.807) is 7.11 Å². The first kappa shape index (κ1) is 26.0. The Kier molecular flexibility index (Phi) is 8.34. The first-order chi connectivity index (χ1) is 16.6. The Balaban J connectivity index is 1.65. The molecule has 0 saturated heterocycles. The van der Waals surface area contributed by atoms with Gasteiger partial charge in [0.2, 0.25) is 0 Å². The minimum Gasteiger partial charge on any atom is -0.497 e. The van der Waals surface area contributed by atoms with Crippen LogP contribution >= 0.6 is 0 Å². The minimum atomic E-state index is -4.75. The Morgan fingerprint density at radius 2 is 1.77 bits per heavy atom. The summed E-state index contributed by atoms with van der Waals surface area (Å²) < 4.78 is 64.7. The summed E-state index contributed by atoms with van der Waals surface area (Å²) in [6.45, 7) is 2.86. The SMILES string of the molecule is COc1cccc(C(C)NCCCOc2cc(F)cc(-c3cc(C(=O)O)cc(C(F)(F)F)c3)c2)c1. The van der Waals surface area contributed by atoms with Crippen molar-refractivity contribution in [2.75, 3.05) is 20.3 Å². The predicted molar refractivity (Wildman–Crippen MR) is 123 cm³/mol. The molecule has 3 rings (SSSR count). The zero-order valence-electron chi connectivity index (χ0n) is 19.2. The fourth-order valence-electron chi connectivity index (χ4n) is 3.50. The highest BCUT2D eigenvalue weighted by Gasteiger charge is 2.32. The van der Waals surface area contributed by atoms with Crippen molar-refractivity contribution in [3.05, 3.63) is 83.2 Å².